The zero-order chi connectivity index (χ0) is 16.8. The molecule has 0 saturated carbocycles. The van der Waals surface area contributed by atoms with E-state index in [1.807, 2.05) is 0 Å². The van der Waals surface area contributed by atoms with E-state index in [1.165, 1.54) is 0 Å². The molecule has 22 heavy (non-hydrogen) atoms. The van der Waals surface area contributed by atoms with Gasteiger partial charge in [-0.2, -0.15) is 0 Å². The Morgan fingerprint density at radius 2 is 1.05 bits per heavy atom. The summed E-state index contributed by atoms with van der Waals surface area (Å²) in [5.74, 6) is -1.20. The number of rotatable bonds is 13. The molecule has 0 spiro atoms. The predicted octanol–water partition coefficient (Wildman–Crippen LogP) is 4.51. The fourth-order valence-electron chi connectivity index (χ4n) is 2.69. The Kier molecular flexibility index (Phi) is 12.9. The van der Waals surface area contributed by atoms with E-state index < -0.39 is 0 Å². The Balaban J connectivity index is 4.94. The van der Waals surface area contributed by atoms with Gasteiger partial charge in [-0.1, -0.05) is 52.4 Å². The lowest BCUT2D eigenvalue weighted by molar-refractivity contribution is -0.161. The summed E-state index contributed by atoms with van der Waals surface area (Å²) < 4.78 is 10.4. The van der Waals surface area contributed by atoms with Crippen LogP contribution in [0.5, 0.6) is 0 Å². The third-order valence-electron chi connectivity index (χ3n) is 3.90. The lowest BCUT2D eigenvalue weighted by atomic mass is 9.84. The minimum Gasteiger partial charge on any atom is -0.466 e. The van der Waals surface area contributed by atoms with Crippen LogP contribution in [0.3, 0.4) is 0 Å². The number of carbonyl (C=O) groups excluding carboxylic acids is 2. The quantitative estimate of drug-likeness (QED) is 0.371. The predicted molar refractivity (Wildman–Crippen MR) is 88.5 cm³/mol. The van der Waals surface area contributed by atoms with E-state index >= 15 is 0 Å². The highest BCUT2D eigenvalue weighted by atomic mass is 16.5. The fourth-order valence-corrected chi connectivity index (χ4v) is 2.69. The van der Waals surface area contributed by atoms with E-state index in [4.69, 9.17) is 9.47 Å². The van der Waals surface area contributed by atoms with Crippen molar-refractivity contribution in [3.8, 4) is 0 Å². The van der Waals surface area contributed by atoms with Gasteiger partial charge in [0, 0.05) is 0 Å². The zero-order valence-corrected chi connectivity index (χ0v) is 14.9. The van der Waals surface area contributed by atoms with Crippen molar-refractivity contribution in [2.45, 2.75) is 79.1 Å². The smallest absolute Gasteiger partial charge is 0.309 e. The van der Waals surface area contributed by atoms with E-state index in [1.54, 1.807) is 13.8 Å². The van der Waals surface area contributed by atoms with Crippen LogP contribution < -0.4 is 0 Å². The summed E-state index contributed by atoms with van der Waals surface area (Å²) in [7, 11) is 0. The molecule has 4 nitrogen and oxygen atoms in total. The molecule has 0 aliphatic rings. The molecule has 2 atom stereocenters. The molecule has 0 aliphatic carbocycles. The Labute approximate surface area is 135 Å². The van der Waals surface area contributed by atoms with E-state index in [-0.39, 0.29) is 23.8 Å². The van der Waals surface area contributed by atoms with Crippen LogP contribution in [0.1, 0.15) is 79.1 Å². The molecule has 0 radical (unpaired) electrons. The van der Waals surface area contributed by atoms with E-state index in [2.05, 4.69) is 13.8 Å². The van der Waals surface area contributed by atoms with Gasteiger partial charge in [-0.05, 0) is 26.7 Å². The second-order valence-electron chi connectivity index (χ2n) is 5.71. The van der Waals surface area contributed by atoms with E-state index in [0.29, 0.717) is 26.1 Å². The molecule has 0 aromatic carbocycles. The summed E-state index contributed by atoms with van der Waals surface area (Å²) in [5, 5.41) is 0. The molecule has 0 aromatic rings. The van der Waals surface area contributed by atoms with Crippen molar-refractivity contribution in [3.05, 3.63) is 0 Å². The molecule has 0 rings (SSSR count). The number of hydrogen-bond acceptors (Lipinski definition) is 4. The molecule has 0 fully saturated rings. The Morgan fingerprint density at radius 1 is 0.682 bits per heavy atom. The molecule has 0 heterocycles. The van der Waals surface area contributed by atoms with Crippen LogP contribution >= 0.6 is 0 Å². The van der Waals surface area contributed by atoms with Gasteiger partial charge in [-0.25, -0.2) is 0 Å². The Bertz CT molecular complexity index is 271. The molecule has 0 N–H and O–H groups in total. The molecular formula is C18H34O4. The van der Waals surface area contributed by atoms with Gasteiger partial charge in [0.1, 0.15) is 0 Å². The summed E-state index contributed by atoms with van der Waals surface area (Å²) in [6, 6.07) is 0. The molecule has 0 saturated heterocycles. The molecule has 130 valence electrons. The van der Waals surface area contributed by atoms with Crippen molar-refractivity contribution >= 4 is 11.9 Å². The first-order chi connectivity index (χ1) is 10.6. The fraction of sp³-hybridized carbons (Fsp3) is 0.889. The highest BCUT2D eigenvalue weighted by Crippen LogP contribution is 2.27. The minimum atomic E-state index is -0.359. The lowest BCUT2D eigenvalue weighted by Gasteiger charge is -2.24. The van der Waals surface area contributed by atoms with Crippen LogP contribution in [0.25, 0.3) is 0 Å². The minimum absolute atomic E-state index is 0.242. The first-order valence-electron chi connectivity index (χ1n) is 8.95. The maximum absolute atomic E-state index is 12.3. The summed E-state index contributed by atoms with van der Waals surface area (Å²) in [5.41, 5.74) is 0. The van der Waals surface area contributed by atoms with Crippen molar-refractivity contribution < 1.29 is 19.1 Å². The van der Waals surface area contributed by atoms with Gasteiger partial charge in [-0.15, -0.1) is 0 Å². The van der Waals surface area contributed by atoms with Crippen LogP contribution in [0.4, 0.5) is 0 Å². The van der Waals surface area contributed by atoms with Crippen LogP contribution in [-0.2, 0) is 19.1 Å². The van der Waals surface area contributed by atoms with E-state index in [9.17, 15) is 9.59 Å². The number of esters is 2. The SMILES string of the molecule is CCCCC[C@H](C(=O)OCC)[C@H](CCCCC)C(=O)OCC. The lowest BCUT2D eigenvalue weighted by Crippen LogP contribution is -2.33. The third-order valence-corrected chi connectivity index (χ3v) is 3.90. The van der Waals surface area contributed by atoms with Gasteiger partial charge < -0.3 is 9.47 Å². The molecule has 0 amide bonds. The molecule has 4 heteroatoms. The van der Waals surface area contributed by atoms with Crippen molar-refractivity contribution in [3.63, 3.8) is 0 Å². The number of hydrogen-bond donors (Lipinski definition) is 0. The van der Waals surface area contributed by atoms with Gasteiger partial charge >= 0.3 is 11.9 Å². The summed E-state index contributed by atoms with van der Waals surface area (Å²) in [6.07, 6.45) is 7.64. The average molecular weight is 314 g/mol. The average Bonchev–Trinajstić information content (AvgIpc) is 2.49. The summed E-state index contributed by atoms with van der Waals surface area (Å²) in [6.45, 7) is 8.57. The van der Waals surface area contributed by atoms with Crippen LogP contribution in [0, 0.1) is 11.8 Å². The molecule has 0 aliphatic heterocycles. The zero-order valence-electron chi connectivity index (χ0n) is 14.9. The number of carbonyl (C=O) groups is 2. The molecular weight excluding hydrogens is 280 g/mol. The number of ether oxygens (including phenoxy) is 2. The second-order valence-corrected chi connectivity index (χ2v) is 5.71. The van der Waals surface area contributed by atoms with E-state index in [0.717, 1.165) is 38.5 Å². The normalized spacial score (nSPS) is 13.5. The largest absolute Gasteiger partial charge is 0.466 e. The van der Waals surface area contributed by atoms with Gasteiger partial charge in [0.25, 0.3) is 0 Å². The first kappa shape index (κ1) is 20.9. The summed E-state index contributed by atoms with van der Waals surface area (Å²) in [4.78, 5) is 24.6. The van der Waals surface area contributed by atoms with Gasteiger partial charge in [0.2, 0.25) is 0 Å². The van der Waals surface area contributed by atoms with Gasteiger partial charge in [0.05, 0.1) is 25.0 Å². The van der Waals surface area contributed by atoms with Crippen molar-refractivity contribution in [2.24, 2.45) is 11.8 Å². The maximum Gasteiger partial charge on any atom is 0.309 e. The highest BCUT2D eigenvalue weighted by Gasteiger charge is 2.34. The van der Waals surface area contributed by atoms with Gasteiger partial charge in [-0.3, -0.25) is 9.59 Å². The van der Waals surface area contributed by atoms with Crippen LogP contribution in [0.15, 0.2) is 0 Å². The van der Waals surface area contributed by atoms with Crippen molar-refractivity contribution in [2.75, 3.05) is 13.2 Å². The maximum atomic E-state index is 12.3. The van der Waals surface area contributed by atoms with Crippen molar-refractivity contribution in [1.82, 2.24) is 0 Å². The first-order valence-corrected chi connectivity index (χ1v) is 8.95. The Morgan fingerprint density at radius 3 is 1.32 bits per heavy atom. The van der Waals surface area contributed by atoms with Crippen LogP contribution in [-0.4, -0.2) is 25.2 Å². The summed E-state index contributed by atoms with van der Waals surface area (Å²) >= 11 is 0. The molecule has 0 aromatic heterocycles. The standard InChI is InChI=1S/C18H34O4/c1-5-9-11-13-15(17(19)21-7-3)16(14-12-10-6-2)18(20)22-8-4/h15-16H,5-14H2,1-4H3/t15-,16-/m0/s1. The van der Waals surface area contributed by atoms with Crippen LogP contribution in [0.2, 0.25) is 0 Å². The van der Waals surface area contributed by atoms with Gasteiger partial charge in [0.15, 0.2) is 0 Å². The topological polar surface area (TPSA) is 52.6 Å². The second kappa shape index (κ2) is 13.6. The molecule has 0 bridgehead atoms. The molecule has 0 unspecified atom stereocenters. The monoisotopic (exact) mass is 314 g/mol. The number of unbranched alkanes of at least 4 members (excludes halogenated alkanes) is 4. The Hall–Kier alpha value is -1.06. The highest BCUT2D eigenvalue weighted by molar-refractivity contribution is 5.82. The van der Waals surface area contributed by atoms with Crippen molar-refractivity contribution in [1.29, 1.82) is 0 Å². The third kappa shape index (κ3) is 8.40.